The first kappa shape index (κ1) is 18.2. The molecule has 7 nitrogen and oxygen atoms in total. The van der Waals surface area contributed by atoms with Crippen molar-refractivity contribution in [2.45, 2.75) is 43.8 Å². The summed E-state index contributed by atoms with van der Waals surface area (Å²) in [5.41, 5.74) is 2.34. The highest BCUT2D eigenvalue weighted by Gasteiger charge is 2.53. The Morgan fingerprint density at radius 1 is 1.28 bits per heavy atom. The predicted molar refractivity (Wildman–Crippen MR) is 104 cm³/mol. The molecule has 7 heteroatoms. The topological polar surface area (TPSA) is 97.1 Å². The van der Waals surface area contributed by atoms with E-state index in [4.69, 9.17) is 9.47 Å². The molecular weight excluding hydrogens is 368 g/mol. The Balaban J connectivity index is 1.35. The molecule has 1 aliphatic heterocycles. The Morgan fingerprint density at radius 2 is 2.07 bits per heavy atom. The second-order valence-corrected chi connectivity index (χ2v) is 8.04. The molecule has 0 unspecified atom stereocenters. The van der Waals surface area contributed by atoms with Crippen molar-refractivity contribution in [3.63, 3.8) is 0 Å². The van der Waals surface area contributed by atoms with E-state index in [1.807, 2.05) is 24.3 Å². The van der Waals surface area contributed by atoms with Crippen LogP contribution in [0.15, 0.2) is 30.5 Å². The number of nitrogens with one attached hydrogen (secondary N) is 1. The van der Waals surface area contributed by atoms with Gasteiger partial charge in [0.15, 0.2) is 0 Å². The number of rotatable bonds is 6. The summed E-state index contributed by atoms with van der Waals surface area (Å²) < 4.78 is 11.1. The van der Waals surface area contributed by atoms with Crippen LogP contribution in [0.4, 0.5) is 5.82 Å². The van der Waals surface area contributed by atoms with Crippen molar-refractivity contribution in [2.75, 3.05) is 18.5 Å². The molecule has 0 spiro atoms. The number of hydrogen-bond acceptors (Lipinski definition) is 6. The minimum Gasteiger partial charge on any atom is -0.345 e. The van der Waals surface area contributed by atoms with Crippen LogP contribution in [0.25, 0.3) is 0 Å². The van der Waals surface area contributed by atoms with E-state index in [2.05, 4.69) is 21.4 Å². The van der Waals surface area contributed by atoms with Crippen LogP contribution in [0.3, 0.4) is 0 Å². The third-order valence-corrected chi connectivity index (χ3v) is 5.87. The van der Waals surface area contributed by atoms with Crippen LogP contribution in [0.1, 0.15) is 54.5 Å². The molecular formula is C22H22N4O3. The van der Waals surface area contributed by atoms with E-state index in [-0.39, 0.29) is 5.91 Å². The lowest BCUT2D eigenvalue weighted by molar-refractivity contribution is -0.118. The molecule has 2 aliphatic carbocycles. The lowest BCUT2D eigenvalue weighted by Gasteiger charge is -2.17. The quantitative estimate of drug-likeness (QED) is 0.814. The number of anilines is 1. The van der Waals surface area contributed by atoms with Gasteiger partial charge in [0.25, 0.3) is 0 Å². The zero-order valence-electron chi connectivity index (χ0n) is 16.1. The summed E-state index contributed by atoms with van der Waals surface area (Å²) >= 11 is 0. The van der Waals surface area contributed by atoms with E-state index < -0.39 is 11.7 Å². The van der Waals surface area contributed by atoms with Gasteiger partial charge in [-0.15, -0.1) is 0 Å². The standard InChI is InChI=1S/C22H22N4O3/c23-12-16-13-24-19(11-15(16)10-14-4-5-14)26-21(27)22(6-7-22)18-3-1-2-17(25-18)20-28-8-9-29-20/h1-3,11,13-14,20H,4-10H2,(H,24,26,27). The van der Waals surface area contributed by atoms with E-state index in [1.165, 1.54) is 12.8 Å². The Hall–Kier alpha value is -2.82. The number of amides is 1. The summed E-state index contributed by atoms with van der Waals surface area (Å²) in [7, 11) is 0. The normalized spacial score (nSPS) is 20.2. The average molecular weight is 390 g/mol. The second-order valence-electron chi connectivity index (χ2n) is 8.04. The first-order valence-electron chi connectivity index (χ1n) is 10.1. The van der Waals surface area contributed by atoms with E-state index >= 15 is 0 Å². The lowest BCUT2D eigenvalue weighted by atomic mass is 10.00. The van der Waals surface area contributed by atoms with Gasteiger partial charge in [-0.25, -0.2) is 4.98 Å². The van der Waals surface area contributed by atoms with Gasteiger partial charge in [-0.3, -0.25) is 9.78 Å². The summed E-state index contributed by atoms with van der Waals surface area (Å²) in [6.07, 6.45) is 5.85. The number of pyridine rings is 2. The molecule has 5 rings (SSSR count). The fraction of sp³-hybridized carbons (Fsp3) is 0.455. The van der Waals surface area contributed by atoms with Crippen molar-refractivity contribution in [3.8, 4) is 6.07 Å². The molecule has 0 atom stereocenters. The third-order valence-electron chi connectivity index (χ3n) is 5.87. The monoisotopic (exact) mass is 390 g/mol. The van der Waals surface area contributed by atoms with Crippen molar-refractivity contribution >= 4 is 11.7 Å². The molecule has 3 aliphatic rings. The van der Waals surface area contributed by atoms with E-state index in [0.717, 1.165) is 30.5 Å². The van der Waals surface area contributed by atoms with Crippen LogP contribution in [0, 0.1) is 17.2 Å². The van der Waals surface area contributed by atoms with Gasteiger partial charge in [-0.1, -0.05) is 6.07 Å². The molecule has 29 heavy (non-hydrogen) atoms. The predicted octanol–water partition coefficient (Wildman–Crippen LogP) is 3.02. The summed E-state index contributed by atoms with van der Waals surface area (Å²) in [4.78, 5) is 22.1. The number of carbonyl (C=O) groups excluding carboxylic acids is 1. The summed E-state index contributed by atoms with van der Waals surface area (Å²) in [5, 5.41) is 12.3. The highest BCUT2D eigenvalue weighted by atomic mass is 16.7. The number of carbonyl (C=O) groups is 1. The van der Waals surface area contributed by atoms with Crippen molar-refractivity contribution in [1.82, 2.24) is 9.97 Å². The van der Waals surface area contributed by atoms with Crippen LogP contribution in [0.2, 0.25) is 0 Å². The van der Waals surface area contributed by atoms with Gasteiger partial charge in [0.1, 0.15) is 11.9 Å². The van der Waals surface area contributed by atoms with E-state index in [0.29, 0.717) is 36.2 Å². The fourth-order valence-corrected chi connectivity index (χ4v) is 3.81. The molecule has 1 saturated heterocycles. The smallest absolute Gasteiger partial charge is 0.237 e. The van der Waals surface area contributed by atoms with Crippen LogP contribution < -0.4 is 5.32 Å². The Labute approximate surface area is 169 Å². The number of ether oxygens (including phenoxy) is 2. The maximum absolute atomic E-state index is 13.1. The first-order valence-corrected chi connectivity index (χ1v) is 10.1. The molecule has 0 bridgehead atoms. The zero-order valence-corrected chi connectivity index (χ0v) is 16.1. The zero-order chi connectivity index (χ0) is 19.8. The highest BCUT2D eigenvalue weighted by Crippen LogP contribution is 2.48. The van der Waals surface area contributed by atoms with Gasteiger partial charge < -0.3 is 14.8 Å². The van der Waals surface area contributed by atoms with Gasteiger partial charge in [-0.2, -0.15) is 5.26 Å². The van der Waals surface area contributed by atoms with E-state index in [9.17, 15) is 10.1 Å². The molecule has 148 valence electrons. The molecule has 0 aromatic carbocycles. The molecule has 3 heterocycles. The minimum absolute atomic E-state index is 0.106. The first-order chi connectivity index (χ1) is 14.2. The summed E-state index contributed by atoms with van der Waals surface area (Å²) in [6.45, 7) is 1.10. The second kappa shape index (κ2) is 7.21. The molecule has 1 amide bonds. The Bertz CT molecular complexity index is 986. The fourth-order valence-electron chi connectivity index (χ4n) is 3.81. The molecule has 2 aromatic rings. The van der Waals surface area contributed by atoms with Crippen LogP contribution in [-0.2, 0) is 26.1 Å². The van der Waals surface area contributed by atoms with Crippen LogP contribution in [0.5, 0.6) is 0 Å². The van der Waals surface area contributed by atoms with Crippen LogP contribution in [-0.4, -0.2) is 29.1 Å². The number of nitrogens with zero attached hydrogens (tertiary/aromatic N) is 3. The molecule has 2 saturated carbocycles. The van der Waals surface area contributed by atoms with E-state index in [1.54, 1.807) is 6.20 Å². The van der Waals surface area contributed by atoms with Gasteiger partial charge in [0, 0.05) is 6.20 Å². The van der Waals surface area contributed by atoms with Gasteiger partial charge >= 0.3 is 0 Å². The van der Waals surface area contributed by atoms with Crippen molar-refractivity contribution < 1.29 is 14.3 Å². The number of hydrogen-bond donors (Lipinski definition) is 1. The van der Waals surface area contributed by atoms with Crippen molar-refractivity contribution in [2.24, 2.45) is 5.92 Å². The highest BCUT2D eigenvalue weighted by molar-refractivity contribution is 6.00. The maximum atomic E-state index is 13.1. The minimum atomic E-state index is -0.638. The largest absolute Gasteiger partial charge is 0.345 e. The Kier molecular flexibility index (Phi) is 4.53. The van der Waals surface area contributed by atoms with Gasteiger partial charge in [0.05, 0.1) is 35.6 Å². The SMILES string of the molecule is N#Cc1cnc(NC(=O)C2(c3cccc(C4OCCO4)n3)CC2)cc1CC1CC1. The average Bonchev–Trinajstić information content (AvgIpc) is 3.67. The van der Waals surface area contributed by atoms with Crippen molar-refractivity contribution in [3.05, 3.63) is 53.0 Å². The van der Waals surface area contributed by atoms with Crippen molar-refractivity contribution in [1.29, 1.82) is 5.26 Å². The number of nitriles is 1. The molecule has 3 fully saturated rings. The molecule has 2 aromatic heterocycles. The van der Waals surface area contributed by atoms with Gasteiger partial charge in [-0.05, 0) is 61.8 Å². The molecule has 1 N–H and O–H groups in total. The lowest BCUT2D eigenvalue weighted by Crippen LogP contribution is -2.29. The maximum Gasteiger partial charge on any atom is 0.237 e. The summed E-state index contributed by atoms with van der Waals surface area (Å²) in [6, 6.07) is 9.68. The summed E-state index contributed by atoms with van der Waals surface area (Å²) in [5.74, 6) is 1.04. The molecule has 0 radical (unpaired) electrons. The van der Waals surface area contributed by atoms with Gasteiger partial charge in [0.2, 0.25) is 12.2 Å². The number of aromatic nitrogens is 2. The van der Waals surface area contributed by atoms with Crippen LogP contribution >= 0.6 is 0 Å². The Morgan fingerprint density at radius 3 is 2.76 bits per heavy atom. The third kappa shape index (κ3) is 3.61.